The van der Waals surface area contributed by atoms with Crippen molar-refractivity contribution in [1.82, 2.24) is 10.6 Å². The number of nitrogens with one attached hydrogen (secondary N) is 2. The molecule has 0 aromatic heterocycles. The zero-order valence-electron chi connectivity index (χ0n) is 5.81. The van der Waals surface area contributed by atoms with Crippen molar-refractivity contribution in [3.8, 4) is 0 Å². The Morgan fingerprint density at radius 1 is 1.80 bits per heavy atom. The van der Waals surface area contributed by atoms with E-state index >= 15 is 0 Å². The van der Waals surface area contributed by atoms with Gasteiger partial charge in [-0.2, -0.15) is 0 Å². The minimum absolute atomic E-state index is 0.158. The van der Waals surface area contributed by atoms with Crippen LogP contribution in [0.4, 0.5) is 4.79 Å². The molecule has 4 heteroatoms. The van der Waals surface area contributed by atoms with Crippen LogP contribution in [0.3, 0.4) is 0 Å². The fourth-order valence-electron chi connectivity index (χ4n) is 0.758. The van der Waals surface area contributed by atoms with Gasteiger partial charge < -0.3 is 15.4 Å². The molecule has 0 fully saturated rings. The van der Waals surface area contributed by atoms with Gasteiger partial charge in [0.2, 0.25) is 0 Å². The quantitative estimate of drug-likeness (QED) is 0.562. The summed E-state index contributed by atoms with van der Waals surface area (Å²) in [4.78, 5) is 10.6. The summed E-state index contributed by atoms with van der Waals surface area (Å²) in [6.45, 7) is 1.05. The molecule has 2 amide bonds. The number of carbonyl (C=O) groups is 1. The number of rotatable bonds is 2. The molecule has 0 aromatic carbocycles. The standard InChI is InChI=1S/C6H10N2O2/c1-10-4-5-2-3-7-6(9)8-5/h2H,3-4H2,1H3,(H2,7,8,9). The molecule has 56 valence electrons. The highest BCUT2D eigenvalue weighted by molar-refractivity contribution is 5.77. The Bertz CT molecular complexity index is 165. The summed E-state index contributed by atoms with van der Waals surface area (Å²) in [5.74, 6) is 0. The van der Waals surface area contributed by atoms with Gasteiger partial charge in [-0.05, 0) is 6.08 Å². The highest BCUT2D eigenvalue weighted by Crippen LogP contribution is 1.92. The van der Waals surface area contributed by atoms with E-state index in [1.807, 2.05) is 6.08 Å². The van der Waals surface area contributed by atoms with E-state index in [0.29, 0.717) is 13.2 Å². The van der Waals surface area contributed by atoms with Gasteiger partial charge >= 0.3 is 6.03 Å². The molecule has 4 nitrogen and oxygen atoms in total. The molecule has 0 aromatic rings. The third-order valence-electron chi connectivity index (χ3n) is 1.19. The average molecular weight is 142 g/mol. The lowest BCUT2D eigenvalue weighted by atomic mass is 10.3. The van der Waals surface area contributed by atoms with E-state index in [-0.39, 0.29) is 6.03 Å². The topological polar surface area (TPSA) is 50.4 Å². The van der Waals surface area contributed by atoms with Crippen molar-refractivity contribution in [1.29, 1.82) is 0 Å². The lowest BCUT2D eigenvalue weighted by Gasteiger charge is -2.14. The second kappa shape index (κ2) is 3.22. The van der Waals surface area contributed by atoms with Crippen LogP contribution in [-0.2, 0) is 4.74 Å². The van der Waals surface area contributed by atoms with Crippen LogP contribution in [-0.4, -0.2) is 26.3 Å². The van der Waals surface area contributed by atoms with Crippen LogP contribution >= 0.6 is 0 Å². The van der Waals surface area contributed by atoms with Crippen molar-refractivity contribution in [2.45, 2.75) is 0 Å². The van der Waals surface area contributed by atoms with E-state index < -0.39 is 0 Å². The van der Waals surface area contributed by atoms with Crippen LogP contribution in [0.15, 0.2) is 11.8 Å². The van der Waals surface area contributed by atoms with Gasteiger partial charge in [-0.25, -0.2) is 4.79 Å². The van der Waals surface area contributed by atoms with Crippen molar-refractivity contribution in [3.63, 3.8) is 0 Å². The predicted molar refractivity (Wildman–Crippen MR) is 36.5 cm³/mol. The van der Waals surface area contributed by atoms with E-state index in [9.17, 15) is 4.79 Å². The zero-order valence-corrected chi connectivity index (χ0v) is 5.81. The van der Waals surface area contributed by atoms with Crippen molar-refractivity contribution < 1.29 is 9.53 Å². The van der Waals surface area contributed by atoms with E-state index in [1.54, 1.807) is 7.11 Å². The van der Waals surface area contributed by atoms with Crippen molar-refractivity contribution in [3.05, 3.63) is 11.8 Å². The maximum atomic E-state index is 10.6. The fraction of sp³-hybridized carbons (Fsp3) is 0.500. The van der Waals surface area contributed by atoms with Gasteiger partial charge in [0.15, 0.2) is 0 Å². The maximum Gasteiger partial charge on any atom is 0.319 e. The van der Waals surface area contributed by atoms with E-state index in [1.165, 1.54) is 0 Å². The third kappa shape index (κ3) is 1.73. The van der Waals surface area contributed by atoms with Crippen molar-refractivity contribution >= 4 is 6.03 Å². The Hall–Kier alpha value is -1.03. The monoisotopic (exact) mass is 142 g/mol. The van der Waals surface area contributed by atoms with Crippen LogP contribution in [0.25, 0.3) is 0 Å². The van der Waals surface area contributed by atoms with Crippen LogP contribution in [0.1, 0.15) is 0 Å². The van der Waals surface area contributed by atoms with Gasteiger partial charge in [-0.15, -0.1) is 0 Å². The number of hydrogen-bond donors (Lipinski definition) is 2. The largest absolute Gasteiger partial charge is 0.378 e. The number of amides is 2. The smallest absolute Gasteiger partial charge is 0.319 e. The number of methoxy groups -OCH3 is 1. The molecule has 10 heavy (non-hydrogen) atoms. The highest BCUT2D eigenvalue weighted by Gasteiger charge is 2.06. The van der Waals surface area contributed by atoms with Crippen molar-refractivity contribution in [2.24, 2.45) is 0 Å². The molecule has 1 aliphatic heterocycles. The van der Waals surface area contributed by atoms with Gasteiger partial charge in [0.25, 0.3) is 0 Å². The molecule has 1 rings (SSSR count). The van der Waals surface area contributed by atoms with E-state index in [2.05, 4.69) is 10.6 Å². The third-order valence-corrected chi connectivity index (χ3v) is 1.19. The summed E-state index contributed by atoms with van der Waals surface area (Å²) in [5.41, 5.74) is 0.825. The summed E-state index contributed by atoms with van der Waals surface area (Å²) < 4.78 is 4.82. The lowest BCUT2D eigenvalue weighted by Crippen LogP contribution is -2.40. The molecule has 0 spiro atoms. The molecule has 0 bridgehead atoms. The average Bonchev–Trinajstić information content (AvgIpc) is 1.88. The Labute approximate surface area is 59.2 Å². The van der Waals surface area contributed by atoms with E-state index in [4.69, 9.17) is 4.74 Å². The second-order valence-corrected chi connectivity index (χ2v) is 2.00. The predicted octanol–water partition coefficient (Wildman–Crippen LogP) is -0.170. The number of hydrogen-bond acceptors (Lipinski definition) is 2. The molecule has 2 N–H and O–H groups in total. The van der Waals surface area contributed by atoms with Crippen LogP contribution in [0.2, 0.25) is 0 Å². The van der Waals surface area contributed by atoms with E-state index in [0.717, 1.165) is 5.70 Å². The SMILES string of the molecule is COCC1=CCNC(=O)N1. The molecule has 0 atom stereocenters. The zero-order chi connectivity index (χ0) is 7.40. The minimum atomic E-state index is -0.158. The summed E-state index contributed by atoms with van der Waals surface area (Å²) in [6, 6.07) is -0.158. The van der Waals surface area contributed by atoms with Gasteiger partial charge in [0.1, 0.15) is 0 Å². The first kappa shape index (κ1) is 7.08. The summed E-state index contributed by atoms with van der Waals surface area (Å²) >= 11 is 0. The number of urea groups is 1. The normalized spacial score (nSPS) is 17.3. The number of carbonyl (C=O) groups excluding carboxylic acids is 1. The van der Waals surface area contributed by atoms with Gasteiger partial charge in [0, 0.05) is 19.4 Å². The molecule has 1 heterocycles. The Balaban J connectivity index is 2.43. The first-order valence-corrected chi connectivity index (χ1v) is 3.06. The van der Waals surface area contributed by atoms with Gasteiger partial charge in [0.05, 0.1) is 6.61 Å². The minimum Gasteiger partial charge on any atom is -0.378 e. The summed E-state index contributed by atoms with van der Waals surface area (Å²) in [5, 5.41) is 5.19. The molecule has 0 unspecified atom stereocenters. The lowest BCUT2D eigenvalue weighted by molar-refractivity contribution is 0.212. The van der Waals surface area contributed by atoms with Crippen molar-refractivity contribution in [2.75, 3.05) is 20.3 Å². The maximum absolute atomic E-state index is 10.6. The second-order valence-electron chi connectivity index (χ2n) is 2.00. The molecular formula is C6H10N2O2. The molecule has 1 aliphatic rings. The Morgan fingerprint density at radius 2 is 2.60 bits per heavy atom. The molecule has 0 aliphatic carbocycles. The van der Waals surface area contributed by atoms with Gasteiger partial charge in [-0.1, -0.05) is 0 Å². The molecular weight excluding hydrogens is 132 g/mol. The molecule has 0 saturated carbocycles. The van der Waals surface area contributed by atoms with Crippen LogP contribution in [0, 0.1) is 0 Å². The molecule has 0 radical (unpaired) electrons. The Kier molecular flexibility index (Phi) is 2.28. The number of ether oxygens (including phenoxy) is 1. The first-order chi connectivity index (χ1) is 4.83. The highest BCUT2D eigenvalue weighted by atomic mass is 16.5. The van der Waals surface area contributed by atoms with Crippen LogP contribution < -0.4 is 10.6 Å². The Morgan fingerprint density at radius 3 is 3.20 bits per heavy atom. The first-order valence-electron chi connectivity index (χ1n) is 3.06. The summed E-state index contributed by atoms with van der Waals surface area (Å²) in [6.07, 6.45) is 1.88. The van der Waals surface area contributed by atoms with Gasteiger partial charge in [-0.3, -0.25) is 0 Å². The molecule has 0 saturated heterocycles. The summed E-state index contributed by atoms with van der Waals surface area (Å²) in [7, 11) is 1.59. The van der Waals surface area contributed by atoms with Crippen LogP contribution in [0.5, 0.6) is 0 Å². The fourth-order valence-corrected chi connectivity index (χ4v) is 0.758.